The molecule has 0 bridgehead atoms. The maximum atomic E-state index is 13.9. The molecule has 0 saturated carbocycles. The maximum Gasteiger partial charge on any atom is 0.310 e. The molecule has 256 valence electrons. The Morgan fingerprint density at radius 3 is 1.92 bits per heavy atom. The van der Waals surface area contributed by atoms with Crippen LogP contribution < -0.4 is 43.2 Å². The normalized spacial score (nSPS) is 20.1. The van der Waals surface area contributed by atoms with E-state index < -0.39 is 29.7 Å². The first-order valence-electron chi connectivity index (χ1n) is 15.3. The lowest BCUT2D eigenvalue weighted by molar-refractivity contribution is -0.141. The number of rotatable bonds is 10. The number of aromatic nitrogens is 3. The topological polar surface area (TPSA) is 160 Å². The number of fused-ring (bicyclic) bond motifs is 3. The molecule has 0 radical (unpaired) electrons. The monoisotopic (exact) mass is 674 g/mol. The molecule has 1 N–H and O–H groups in total. The Kier molecular flexibility index (Phi) is 8.18. The molecule has 49 heavy (non-hydrogen) atoms. The van der Waals surface area contributed by atoms with Crippen LogP contribution in [0.2, 0.25) is 0 Å². The number of carbonyl (C=O) groups is 2. The molecule has 3 aliphatic rings. The van der Waals surface area contributed by atoms with E-state index in [4.69, 9.17) is 42.6 Å². The van der Waals surface area contributed by atoms with Gasteiger partial charge in [-0.15, -0.1) is 5.10 Å². The van der Waals surface area contributed by atoms with Crippen molar-refractivity contribution < 1.29 is 52.2 Å². The molecule has 3 heterocycles. The minimum atomic E-state index is -0.670. The number of ether oxygens (including phenoxy) is 9. The molecule has 1 amide bonds. The Labute approximate surface area is 280 Å². The summed E-state index contributed by atoms with van der Waals surface area (Å²) in [6.07, 6.45) is 1.49. The van der Waals surface area contributed by atoms with Crippen molar-refractivity contribution in [3.63, 3.8) is 0 Å². The number of nitrogens with one attached hydrogen (secondary N) is 1. The van der Waals surface area contributed by atoms with Gasteiger partial charge in [-0.3, -0.25) is 9.59 Å². The number of hydrogen-bond acceptors (Lipinski definition) is 13. The van der Waals surface area contributed by atoms with E-state index in [1.165, 1.54) is 53.5 Å². The number of esters is 1. The van der Waals surface area contributed by atoms with Crippen LogP contribution in [0.5, 0.6) is 46.0 Å². The van der Waals surface area contributed by atoms with E-state index in [-0.39, 0.29) is 25.1 Å². The van der Waals surface area contributed by atoms with Gasteiger partial charge in [-0.05, 0) is 41.0 Å². The lowest BCUT2D eigenvalue weighted by atomic mass is 9.65. The summed E-state index contributed by atoms with van der Waals surface area (Å²) in [5, 5.41) is 11.4. The van der Waals surface area contributed by atoms with E-state index in [9.17, 15) is 9.59 Å². The molecular formula is C34H34N4O11. The summed E-state index contributed by atoms with van der Waals surface area (Å²) >= 11 is 0. The SMILES string of the molecule is COc1cc([C@@H]2c3cc4c(cc3[C@H](NC(=O)c3cn(-c5cc(OC)c(OC)c(OC)c5)nn3)[C@H]3COC(=O)[C@H]23)OCO4)cc(OC)c1OC. The molecule has 3 aromatic carbocycles. The van der Waals surface area contributed by atoms with Crippen molar-refractivity contribution in [3.8, 4) is 51.7 Å². The predicted molar refractivity (Wildman–Crippen MR) is 170 cm³/mol. The van der Waals surface area contributed by atoms with Crippen LogP contribution in [0.15, 0.2) is 42.6 Å². The van der Waals surface area contributed by atoms with Gasteiger partial charge < -0.3 is 47.9 Å². The number of cyclic esters (lactones) is 1. The smallest absolute Gasteiger partial charge is 0.310 e. The minimum absolute atomic E-state index is 0.0447. The average Bonchev–Trinajstić information content (AvgIpc) is 3.90. The van der Waals surface area contributed by atoms with Gasteiger partial charge in [0.1, 0.15) is 0 Å². The zero-order valence-electron chi connectivity index (χ0n) is 27.6. The molecule has 0 unspecified atom stereocenters. The van der Waals surface area contributed by atoms with Crippen LogP contribution in [-0.2, 0) is 9.53 Å². The Morgan fingerprint density at radius 2 is 1.35 bits per heavy atom. The molecule has 1 aromatic heterocycles. The maximum absolute atomic E-state index is 13.9. The number of benzene rings is 3. The average molecular weight is 675 g/mol. The summed E-state index contributed by atoms with van der Waals surface area (Å²) in [4.78, 5) is 27.4. The van der Waals surface area contributed by atoms with Crippen LogP contribution in [0.1, 0.15) is 39.1 Å². The molecule has 1 fully saturated rings. The van der Waals surface area contributed by atoms with Crippen LogP contribution >= 0.6 is 0 Å². The Hall–Kier alpha value is -5.86. The largest absolute Gasteiger partial charge is 0.493 e. The standard InChI is InChI=1S/C34H34N4O11/c1-41-24-7-16(8-25(42-2)31(24)45-5)28-18-11-22-23(49-15-48-22)12-19(18)30(20-14-47-34(40)29(20)28)35-33(39)21-13-38(37-36-21)17-9-26(43-3)32(46-6)27(10-17)44-4/h7-13,20,28-30H,14-15H2,1-6H3,(H,35,39)/t20-,28+,29-,30-/m0/s1. The number of hydrogen-bond donors (Lipinski definition) is 1. The van der Waals surface area contributed by atoms with E-state index in [1.807, 2.05) is 24.3 Å². The molecule has 1 aliphatic carbocycles. The molecule has 4 atom stereocenters. The molecule has 7 rings (SSSR count). The quantitative estimate of drug-likeness (QED) is 0.244. The number of nitrogens with zero attached hydrogens (tertiary/aromatic N) is 3. The van der Waals surface area contributed by atoms with Gasteiger partial charge in [-0.1, -0.05) is 5.21 Å². The van der Waals surface area contributed by atoms with Gasteiger partial charge in [0.2, 0.25) is 18.3 Å². The van der Waals surface area contributed by atoms with Crippen molar-refractivity contribution in [3.05, 3.63) is 65.0 Å². The van der Waals surface area contributed by atoms with E-state index in [0.29, 0.717) is 51.7 Å². The highest BCUT2D eigenvalue weighted by molar-refractivity contribution is 5.92. The number of methoxy groups -OCH3 is 6. The summed E-state index contributed by atoms with van der Waals surface area (Å²) < 4.78 is 51.8. The second-order valence-corrected chi connectivity index (χ2v) is 11.5. The Balaban J connectivity index is 1.28. The Morgan fingerprint density at radius 1 is 0.776 bits per heavy atom. The van der Waals surface area contributed by atoms with Crippen molar-refractivity contribution in [2.45, 2.75) is 12.0 Å². The molecule has 15 nitrogen and oxygen atoms in total. The first kappa shape index (κ1) is 31.7. The van der Waals surface area contributed by atoms with Gasteiger partial charge in [-0.2, -0.15) is 0 Å². The number of amides is 1. The lowest BCUT2D eigenvalue weighted by Crippen LogP contribution is -2.43. The summed E-state index contributed by atoms with van der Waals surface area (Å²) in [5.74, 6) is 1.07. The van der Waals surface area contributed by atoms with Crippen LogP contribution in [0.3, 0.4) is 0 Å². The van der Waals surface area contributed by atoms with E-state index >= 15 is 0 Å². The van der Waals surface area contributed by atoms with Crippen LogP contribution in [0, 0.1) is 11.8 Å². The highest BCUT2D eigenvalue weighted by atomic mass is 16.7. The highest BCUT2D eigenvalue weighted by Crippen LogP contribution is 2.55. The third-order valence-corrected chi connectivity index (χ3v) is 9.16. The van der Waals surface area contributed by atoms with Crippen molar-refractivity contribution in [1.82, 2.24) is 20.3 Å². The van der Waals surface area contributed by atoms with Crippen LogP contribution in [-0.4, -0.2) is 82.9 Å². The van der Waals surface area contributed by atoms with Crippen molar-refractivity contribution in [2.24, 2.45) is 11.8 Å². The van der Waals surface area contributed by atoms with E-state index in [0.717, 1.165) is 16.7 Å². The fourth-order valence-corrected chi connectivity index (χ4v) is 6.94. The first-order chi connectivity index (χ1) is 23.8. The third kappa shape index (κ3) is 5.21. The van der Waals surface area contributed by atoms with Crippen molar-refractivity contribution in [2.75, 3.05) is 56.1 Å². The zero-order valence-corrected chi connectivity index (χ0v) is 27.6. The summed E-state index contributed by atoms with van der Waals surface area (Å²) in [7, 11) is 9.11. The molecule has 2 aliphatic heterocycles. The lowest BCUT2D eigenvalue weighted by Gasteiger charge is -2.39. The first-order valence-corrected chi connectivity index (χ1v) is 15.3. The molecular weight excluding hydrogens is 640 g/mol. The number of carbonyl (C=O) groups excluding carboxylic acids is 2. The second-order valence-electron chi connectivity index (χ2n) is 11.5. The van der Waals surface area contributed by atoms with Crippen LogP contribution in [0.25, 0.3) is 5.69 Å². The fraction of sp³-hybridized carbons (Fsp3) is 0.353. The van der Waals surface area contributed by atoms with Gasteiger partial charge in [0.15, 0.2) is 40.2 Å². The van der Waals surface area contributed by atoms with Crippen molar-refractivity contribution in [1.29, 1.82) is 0 Å². The van der Waals surface area contributed by atoms with E-state index in [2.05, 4.69) is 15.6 Å². The molecule has 1 saturated heterocycles. The second kappa shape index (κ2) is 12.6. The van der Waals surface area contributed by atoms with E-state index in [1.54, 1.807) is 12.1 Å². The summed E-state index contributed by atoms with van der Waals surface area (Å²) in [6.45, 7) is 0.129. The molecule has 15 heteroatoms. The minimum Gasteiger partial charge on any atom is -0.493 e. The fourth-order valence-electron chi connectivity index (χ4n) is 6.94. The molecule has 4 aromatic rings. The highest BCUT2D eigenvalue weighted by Gasteiger charge is 2.53. The van der Waals surface area contributed by atoms with Crippen molar-refractivity contribution >= 4 is 11.9 Å². The third-order valence-electron chi connectivity index (χ3n) is 9.16. The zero-order chi connectivity index (χ0) is 34.4. The van der Waals surface area contributed by atoms with Gasteiger partial charge in [0, 0.05) is 24.0 Å². The van der Waals surface area contributed by atoms with Gasteiger partial charge >= 0.3 is 5.97 Å². The van der Waals surface area contributed by atoms with Crippen LogP contribution in [0.4, 0.5) is 0 Å². The summed E-state index contributed by atoms with van der Waals surface area (Å²) in [5.41, 5.74) is 2.81. The Bertz CT molecular complexity index is 1890. The summed E-state index contributed by atoms with van der Waals surface area (Å²) in [6, 6.07) is 10.1. The van der Waals surface area contributed by atoms with Gasteiger partial charge in [-0.25, -0.2) is 4.68 Å². The predicted octanol–water partition coefficient (Wildman–Crippen LogP) is 3.45. The van der Waals surface area contributed by atoms with Gasteiger partial charge in [0.05, 0.1) is 73.1 Å². The molecule has 0 spiro atoms. The van der Waals surface area contributed by atoms with Gasteiger partial charge in [0.25, 0.3) is 5.91 Å².